The van der Waals surface area contributed by atoms with Crippen LogP contribution in [0.25, 0.3) is 0 Å². The first-order chi connectivity index (χ1) is 7.29. The average molecular weight is 209 g/mol. The second kappa shape index (κ2) is 4.77. The van der Waals surface area contributed by atoms with Crippen molar-refractivity contribution in [1.82, 2.24) is 14.7 Å². The van der Waals surface area contributed by atoms with Gasteiger partial charge in [-0.2, -0.15) is 5.10 Å². The second-order valence-corrected chi connectivity index (χ2v) is 4.11. The van der Waals surface area contributed by atoms with Gasteiger partial charge >= 0.3 is 0 Å². The van der Waals surface area contributed by atoms with Gasteiger partial charge in [-0.1, -0.05) is 6.92 Å². The molecule has 4 nitrogen and oxygen atoms in total. The zero-order valence-corrected chi connectivity index (χ0v) is 9.52. The van der Waals surface area contributed by atoms with Gasteiger partial charge < -0.3 is 4.74 Å². The largest absolute Gasteiger partial charge is 0.371 e. The Morgan fingerprint density at radius 1 is 1.60 bits per heavy atom. The van der Waals surface area contributed by atoms with Crippen molar-refractivity contribution < 1.29 is 4.74 Å². The highest BCUT2D eigenvalue weighted by Gasteiger charge is 2.22. The fourth-order valence-electron chi connectivity index (χ4n) is 2.03. The minimum atomic E-state index is 0.207. The van der Waals surface area contributed by atoms with Crippen LogP contribution in [0, 0.1) is 0 Å². The van der Waals surface area contributed by atoms with E-state index in [4.69, 9.17) is 4.74 Å². The fraction of sp³-hybridized carbons (Fsp3) is 0.727. The van der Waals surface area contributed by atoms with Crippen molar-refractivity contribution in [2.45, 2.75) is 19.4 Å². The van der Waals surface area contributed by atoms with Crippen LogP contribution in [0.4, 0.5) is 0 Å². The Balaban J connectivity index is 1.98. The van der Waals surface area contributed by atoms with Gasteiger partial charge in [0.25, 0.3) is 0 Å². The van der Waals surface area contributed by atoms with Crippen LogP contribution in [-0.2, 0) is 11.8 Å². The number of aryl methyl sites for hydroxylation is 1. The van der Waals surface area contributed by atoms with Crippen LogP contribution in [0.2, 0.25) is 0 Å². The Hall–Kier alpha value is -0.870. The lowest BCUT2D eigenvalue weighted by Gasteiger charge is -2.32. The molecule has 2 rings (SSSR count). The van der Waals surface area contributed by atoms with Crippen molar-refractivity contribution >= 4 is 0 Å². The van der Waals surface area contributed by atoms with Gasteiger partial charge in [-0.05, 0) is 13.0 Å². The maximum Gasteiger partial charge on any atom is 0.0982 e. The maximum absolute atomic E-state index is 5.76. The molecule has 4 heteroatoms. The predicted molar refractivity (Wildman–Crippen MR) is 58.6 cm³/mol. The van der Waals surface area contributed by atoms with Crippen molar-refractivity contribution in [1.29, 1.82) is 0 Å². The van der Waals surface area contributed by atoms with Crippen molar-refractivity contribution in [3.63, 3.8) is 0 Å². The number of aromatic nitrogens is 2. The summed E-state index contributed by atoms with van der Waals surface area (Å²) in [6.07, 6.45) is 5.36. The summed E-state index contributed by atoms with van der Waals surface area (Å²) < 4.78 is 7.59. The summed E-state index contributed by atoms with van der Waals surface area (Å²) >= 11 is 0. The molecule has 0 spiro atoms. The molecule has 1 aromatic heterocycles. The highest BCUT2D eigenvalue weighted by molar-refractivity contribution is 5.09. The topological polar surface area (TPSA) is 30.3 Å². The number of ether oxygens (including phenoxy) is 1. The molecular formula is C11H19N3O. The lowest BCUT2D eigenvalue weighted by atomic mass is 10.1. The monoisotopic (exact) mass is 209 g/mol. The first kappa shape index (κ1) is 10.6. The molecule has 1 atom stereocenters. The zero-order valence-electron chi connectivity index (χ0n) is 9.52. The standard InChI is InChI=1S/C11H19N3O/c1-3-4-14-5-6-15-11(9-14)10-7-12-13(2)8-10/h7-8,11H,3-6,9H2,1-2H3/t11-/m1/s1. The third-order valence-corrected chi connectivity index (χ3v) is 2.79. The first-order valence-corrected chi connectivity index (χ1v) is 5.62. The van der Waals surface area contributed by atoms with E-state index in [-0.39, 0.29) is 6.10 Å². The Labute approximate surface area is 90.8 Å². The van der Waals surface area contributed by atoms with E-state index < -0.39 is 0 Å². The van der Waals surface area contributed by atoms with Crippen LogP contribution in [0.5, 0.6) is 0 Å². The van der Waals surface area contributed by atoms with Crippen LogP contribution in [-0.4, -0.2) is 40.9 Å². The summed E-state index contributed by atoms with van der Waals surface area (Å²) in [5.74, 6) is 0. The predicted octanol–water partition coefficient (Wildman–Crippen LogP) is 1.20. The summed E-state index contributed by atoms with van der Waals surface area (Å²) in [5, 5.41) is 4.18. The molecule has 1 aromatic rings. The van der Waals surface area contributed by atoms with E-state index in [1.807, 2.05) is 24.1 Å². The van der Waals surface area contributed by atoms with Gasteiger partial charge in [0.15, 0.2) is 0 Å². The van der Waals surface area contributed by atoms with E-state index in [1.165, 1.54) is 18.5 Å². The quantitative estimate of drug-likeness (QED) is 0.749. The van der Waals surface area contributed by atoms with Gasteiger partial charge in [0, 0.05) is 31.9 Å². The average Bonchev–Trinajstić information content (AvgIpc) is 2.66. The van der Waals surface area contributed by atoms with Crippen molar-refractivity contribution in [2.24, 2.45) is 7.05 Å². The molecular weight excluding hydrogens is 190 g/mol. The number of morpholine rings is 1. The maximum atomic E-state index is 5.76. The number of hydrogen-bond donors (Lipinski definition) is 0. The molecule has 1 saturated heterocycles. The minimum absolute atomic E-state index is 0.207. The number of nitrogens with zero attached hydrogens (tertiary/aromatic N) is 3. The van der Waals surface area contributed by atoms with Gasteiger partial charge in [0.1, 0.15) is 0 Å². The van der Waals surface area contributed by atoms with Crippen LogP contribution < -0.4 is 0 Å². The van der Waals surface area contributed by atoms with E-state index in [2.05, 4.69) is 16.9 Å². The molecule has 0 radical (unpaired) electrons. The second-order valence-electron chi connectivity index (χ2n) is 4.11. The Bertz CT molecular complexity index is 309. The lowest BCUT2D eigenvalue weighted by molar-refractivity contribution is -0.0298. The van der Waals surface area contributed by atoms with E-state index in [0.29, 0.717) is 0 Å². The molecule has 0 bridgehead atoms. The van der Waals surface area contributed by atoms with Crippen molar-refractivity contribution in [2.75, 3.05) is 26.2 Å². The highest BCUT2D eigenvalue weighted by atomic mass is 16.5. The molecule has 0 amide bonds. The van der Waals surface area contributed by atoms with Crippen LogP contribution >= 0.6 is 0 Å². The Morgan fingerprint density at radius 2 is 2.47 bits per heavy atom. The molecule has 0 aliphatic carbocycles. The van der Waals surface area contributed by atoms with Gasteiger partial charge in [-0.15, -0.1) is 0 Å². The molecule has 1 fully saturated rings. The smallest absolute Gasteiger partial charge is 0.0982 e. The number of rotatable bonds is 3. The first-order valence-electron chi connectivity index (χ1n) is 5.62. The summed E-state index contributed by atoms with van der Waals surface area (Å²) in [6, 6.07) is 0. The van der Waals surface area contributed by atoms with Crippen LogP contribution in [0.3, 0.4) is 0 Å². The van der Waals surface area contributed by atoms with Crippen molar-refractivity contribution in [3.8, 4) is 0 Å². The molecule has 0 unspecified atom stereocenters. The number of hydrogen-bond acceptors (Lipinski definition) is 3. The summed E-state index contributed by atoms with van der Waals surface area (Å²) in [4.78, 5) is 2.46. The molecule has 15 heavy (non-hydrogen) atoms. The van der Waals surface area contributed by atoms with E-state index in [0.717, 1.165) is 19.7 Å². The molecule has 1 aliphatic heterocycles. The third kappa shape index (κ3) is 2.58. The van der Waals surface area contributed by atoms with Gasteiger partial charge in [0.2, 0.25) is 0 Å². The van der Waals surface area contributed by atoms with E-state index >= 15 is 0 Å². The molecule has 1 aliphatic rings. The van der Waals surface area contributed by atoms with Crippen LogP contribution in [0.15, 0.2) is 12.4 Å². The fourth-order valence-corrected chi connectivity index (χ4v) is 2.03. The summed E-state index contributed by atoms with van der Waals surface area (Å²) in [5.41, 5.74) is 1.19. The van der Waals surface area contributed by atoms with Crippen LogP contribution in [0.1, 0.15) is 25.0 Å². The van der Waals surface area contributed by atoms with E-state index in [9.17, 15) is 0 Å². The molecule has 0 N–H and O–H groups in total. The molecule has 0 saturated carbocycles. The Morgan fingerprint density at radius 3 is 3.13 bits per heavy atom. The third-order valence-electron chi connectivity index (χ3n) is 2.79. The summed E-state index contributed by atoms with van der Waals surface area (Å²) in [6.45, 7) is 6.28. The molecule has 2 heterocycles. The van der Waals surface area contributed by atoms with Crippen molar-refractivity contribution in [3.05, 3.63) is 18.0 Å². The Kier molecular flexibility index (Phi) is 3.38. The van der Waals surface area contributed by atoms with Gasteiger partial charge in [-0.25, -0.2) is 0 Å². The summed E-state index contributed by atoms with van der Waals surface area (Å²) in [7, 11) is 1.94. The highest BCUT2D eigenvalue weighted by Crippen LogP contribution is 2.21. The normalized spacial score (nSPS) is 23.2. The lowest BCUT2D eigenvalue weighted by Crippen LogP contribution is -2.38. The molecule has 84 valence electrons. The SMILES string of the molecule is CCCN1CCO[C@@H](c2cnn(C)c2)C1. The van der Waals surface area contributed by atoms with Gasteiger partial charge in [-0.3, -0.25) is 9.58 Å². The zero-order chi connectivity index (χ0) is 10.7. The van der Waals surface area contributed by atoms with E-state index in [1.54, 1.807) is 0 Å². The minimum Gasteiger partial charge on any atom is -0.371 e. The molecule has 0 aromatic carbocycles. The van der Waals surface area contributed by atoms with Gasteiger partial charge in [0.05, 0.1) is 18.9 Å².